The molecule has 4 aromatic rings. The zero-order valence-corrected chi connectivity index (χ0v) is 19.5. The molecule has 1 atom stereocenters. The maximum Gasteiger partial charge on any atom is 0.295 e. The number of hydrogen-bond donors (Lipinski definition) is 0. The van der Waals surface area contributed by atoms with Crippen molar-refractivity contribution in [2.45, 2.75) is 26.8 Å². The smallest absolute Gasteiger partial charge is 0.295 e. The SMILES string of the molecule is COc1ccc(C2c3c(oc4cc(C)c(C)cc4c3=O)C(=O)N2c2ccc(C)c(Cl)c2)cc1. The summed E-state index contributed by atoms with van der Waals surface area (Å²) in [5.41, 5.74) is 4.78. The second-order valence-electron chi connectivity index (χ2n) is 8.39. The summed E-state index contributed by atoms with van der Waals surface area (Å²) in [5, 5.41) is 1.01. The van der Waals surface area contributed by atoms with Gasteiger partial charge in [-0.3, -0.25) is 14.5 Å². The monoisotopic (exact) mass is 459 g/mol. The Kier molecular flexibility index (Phi) is 5.02. The second-order valence-corrected chi connectivity index (χ2v) is 8.80. The number of fused-ring (bicyclic) bond motifs is 2. The molecule has 0 saturated heterocycles. The number of amides is 1. The molecule has 0 aliphatic carbocycles. The molecular formula is C27H22ClNO4. The number of carbonyl (C=O) groups is 1. The quantitative estimate of drug-likeness (QED) is 0.369. The highest BCUT2D eigenvalue weighted by atomic mass is 35.5. The van der Waals surface area contributed by atoms with Crippen LogP contribution < -0.4 is 15.1 Å². The normalized spacial score (nSPS) is 15.2. The molecule has 0 bridgehead atoms. The topological polar surface area (TPSA) is 59.8 Å². The maximum atomic E-state index is 13.7. The lowest BCUT2D eigenvalue weighted by atomic mass is 9.97. The maximum absolute atomic E-state index is 13.7. The number of anilines is 1. The van der Waals surface area contributed by atoms with Crippen molar-refractivity contribution in [3.8, 4) is 5.75 Å². The lowest BCUT2D eigenvalue weighted by Gasteiger charge is -2.25. The van der Waals surface area contributed by atoms with E-state index in [1.54, 1.807) is 18.1 Å². The number of ether oxygens (including phenoxy) is 1. The predicted octanol–water partition coefficient (Wildman–Crippen LogP) is 6.13. The van der Waals surface area contributed by atoms with Crippen molar-refractivity contribution >= 4 is 34.2 Å². The third kappa shape index (κ3) is 3.31. The Balaban J connectivity index is 1.81. The summed E-state index contributed by atoms with van der Waals surface area (Å²) in [4.78, 5) is 29.0. The van der Waals surface area contributed by atoms with E-state index in [4.69, 9.17) is 20.8 Å². The Hall–Kier alpha value is -3.57. The molecule has 166 valence electrons. The molecule has 0 fully saturated rings. The molecule has 0 saturated carbocycles. The molecular weight excluding hydrogens is 438 g/mol. The summed E-state index contributed by atoms with van der Waals surface area (Å²) in [6, 6.07) is 15.8. The van der Waals surface area contributed by atoms with Gasteiger partial charge in [-0.2, -0.15) is 0 Å². The van der Waals surface area contributed by atoms with Gasteiger partial charge in [0, 0.05) is 10.7 Å². The molecule has 1 unspecified atom stereocenters. The Morgan fingerprint density at radius 3 is 2.27 bits per heavy atom. The van der Waals surface area contributed by atoms with E-state index in [0.717, 1.165) is 22.3 Å². The number of aryl methyl sites for hydroxylation is 3. The lowest BCUT2D eigenvalue weighted by molar-refractivity contribution is 0.0971. The van der Waals surface area contributed by atoms with Crippen molar-refractivity contribution in [2.75, 3.05) is 12.0 Å². The van der Waals surface area contributed by atoms with Crippen LogP contribution in [0.1, 0.15) is 44.4 Å². The molecule has 1 amide bonds. The third-order valence-corrected chi connectivity index (χ3v) is 6.76. The highest BCUT2D eigenvalue weighted by molar-refractivity contribution is 6.31. The zero-order valence-electron chi connectivity index (χ0n) is 18.7. The lowest BCUT2D eigenvalue weighted by Crippen LogP contribution is -2.29. The number of rotatable bonds is 3. The predicted molar refractivity (Wildman–Crippen MR) is 130 cm³/mol. The summed E-state index contributed by atoms with van der Waals surface area (Å²) in [5.74, 6) is 0.376. The Labute approximate surface area is 196 Å². The van der Waals surface area contributed by atoms with Gasteiger partial charge in [0.05, 0.1) is 24.1 Å². The van der Waals surface area contributed by atoms with Gasteiger partial charge in [0.25, 0.3) is 5.91 Å². The Morgan fingerprint density at radius 2 is 1.61 bits per heavy atom. The van der Waals surface area contributed by atoms with Gasteiger partial charge in [-0.05, 0) is 79.4 Å². The zero-order chi connectivity index (χ0) is 23.4. The first-order chi connectivity index (χ1) is 15.8. The summed E-state index contributed by atoms with van der Waals surface area (Å²) in [6.07, 6.45) is 0. The Morgan fingerprint density at radius 1 is 0.909 bits per heavy atom. The van der Waals surface area contributed by atoms with Crippen LogP contribution >= 0.6 is 11.6 Å². The van der Waals surface area contributed by atoms with Crippen LogP contribution in [0.4, 0.5) is 5.69 Å². The van der Waals surface area contributed by atoms with Crippen LogP contribution in [0.5, 0.6) is 5.75 Å². The van der Waals surface area contributed by atoms with E-state index in [2.05, 4.69) is 0 Å². The number of hydrogen-bond acceptors (Lipinski definition) is 4. The fourth-order valence-corrected chi connectivity index (χ4v) is 4.50. The number of halogens is 1. The van der Waals surface area contributed by atoms with Crippen LogP contribution in [-0.2, 0) is 0 Å². The minimum absolute atomic E-state index is 0.0632. The fraction of sp³-hybridized carbons (Fsp3) is 0.185. The van der Waals surface area contributed by atoms with E-state index in [1.807, 2.05) is 69.3 Å². The van der Waals surface area contributed by atoms with Gasteiger partial charge >= 0.3 is 0 Å². The molecule has 2 heterocycles. The van der Waals surface area contributed by atoms with Crippen LogP contribution in [0, 0.1) is 20.8 Å². The molecule has 5 nitrogen and oxygen atoms in total. The van der Waals surface area contributed by atoms with Crippen LogP contribution in [0.25, 0.3) is 11.0 Å². The van der Waals surface area contributed by atoms with E-state index < -0.39 is 6.04 Å². The van der Waals surface area contributed by atoms with Gasteiger partial charge in [-0.1, -0.05) is 29.8 Å². The van der Waals surface area contributed by atoms with Crippen molar-refractivity contribution in [2.24, 2.45) is 0 Å². The van der Waals surface area contributed by atoms with Crippen LogP contribution in [0.2, 0.25) is 5.02 Å². The fourth-order valence-electron chi connectivity index (χ4n) is 4.33. The Bertz CT molecular complexity index is 1490. The number of nitrogens with zero attached hydrogens (tertiary/aromatic N) is 1. The van der Waals surface area contributed by atoms with Gasteiger partial charge in [-0.25, -0.2) is 0 Å². The summed E-state index contributed by atoms with van der Waals surface area (Å²) in [7, 11) is 1.59. The first-order valence-electron chi connectivity index (χ1n) is 10.6. The molecule has 0 N–H and O–H groups in total. The van der Waals surface area contributed by atoms with Crippen LogP contribution in [-0.4, -0.2) is 13.0 Å². The van der Waals surface area contributed by atoms with Crippen molar-refractivity contribution in [3.63, 3.8) is 0 Å². The first-order valence-corrected chi connectivity index (χ1v) is 11.0. The first kappa shape index (κ1) is 21.3. The number of carbonyl (C=O) groups excluding carboxylic acids is 1. The van der Waals surface area contributed by atoms with Crippen molar-refractivity contribution in [1.29, 1.82) is 0 Å². The molecule has 0 radical (unpaired) electrons. The number of benzene rings is 3. The molecule has 1 aromatic heterocycles. The largest absolute Gasteiger partial charge is 0.497 e. The summed E-state index contributed by atoms with van der Waals surface area (Å²) >= 11 is 6.40. The third-order valence-electron chi connectivity index (χ3n) is 6.35. The highest BCUT2D eigenvalue weighted by Gasteiger charge is 2.43. The molecule has 0 spiro atoms. The van der Waals surface area contributed by atoms with Gasteiger partial charge in [0.1, 0.15) is 11.3 Å². The summed E-state index contributed by atoms with van der Waals surface area (Å²) in [6.45, 7) is 5.80. The average Bonchev–Trinajstić information content (AvgIpc) is 3.10. The van der Waals surface area contributed by atoms with Gasteiger partial charge in [0.15, 0.2) is 5.43 Å². The molecule has 33 heavy (non-hydrogen) atoms. The number of methoxy groups -OCH3 is 1. The average molecular weight is 460 g/mol. The van der Waals surface area contributed by atoms with Gasteiger partial charge in [-0.15, -0.1) is 0 Å². The highest BCUT2D eigenvalue weighted by Crippen LogP contribution is 2.42. The second kappa shape index (κ2) is 7.78. The van der Waals surface area contributed by atoms with Gasteiger partial charge in [0.2, 0.25) is 5.76 Å². The van der Waals surface area contributed by atoms with E-state index in [9.17, 15) is 9.59 Å². The van der Waals surface area contributed by atoms with E-state index in [1.165, 1.54) is 0 Å². The standard InChI is InChI=1S/C27H22ClNO4/c1-14-5-8-18(13-21(14)28)29-24(17-6-9-19(32-4)10-7-17)23-25(30)20-11-15(2)16(3)12-22(20)33-26(23)27(29)31/h5-13,24H,1-4H3. The van der Waals surface area contributed by atoms with Gasteiger partial charge < -0.3 is 9.15 Å². The minimum Gasteiger partial charge on any atom is -0.497 e. The van der Waals surface area contributed by atoms with Crippen LogP contribution in [0.3, 0.4) is 0 Å². The van der Waals surface area contributed by atoms with Crippen molar-refractivity contribution < 1.29 is 13.9 Å². The van der Waals surface area contributed by atoms with E-state index >= 15 is 0 Å². The minimum atomic E-state index is -0.653. The molecule has 1 aliphatic heterocycles. The molecule has 6 heteroatoms. The molecule has 5 rings (SSSR count). The van der Waals surface area contributed by atoms with Crippen LogP contribution in [0.15, 0.2) is 63.8 Å². The van der Waals surface area contributed by atoms with Crippen molar-refractivity contribution in [3.05, 3.63) is 103 Å². The van der Waals surface area contributed by atoms with Crippen molar-refractivity contribution in [1.82, 2.24) is 0 Å². The molecule has 3 aromatic carbocycles. The van der Waals surface area contributed by atoms with E-state index in [-0.39, 0.29) is 17.1 Å². The van der Waals surface area contributed by atoms with E-state index in [0.29, 0.717) is 33.0 Å². The summed E-state index contributed by atoms with van der Waals surface area (Å²) < 4.78 is 11.4. The molecule has 1 aliphatic rings.